The van der Waals surface area contributed by atoms with Gasteiger partial charge >= 0.3 is 6.18 Å². The van der Waals surface area contributed by atoms with Crippen molar-refractivity contribution in [3.05, 3.63) is 52.5 Å². The number of anilines is 1. The normalized spacial score (nSPS) is 11.0. The van der Waals surface area contributed by atoms with Crippen molar-refractivity contribution in [1.82, 2.24) is 0 Å². The molecule has 3 nitrogen and oxygen atoms in total. The summed E-state index contributed by atoms with van der Waals surface area (Å²) >= 11 is 5.52. The number of rotatable bonds is 2. The summed E-state index contributed by atoms with van der Waals surface area (Å²) in [7, 11) is 0. The number of nitrogen functional groups attached to an aromatic ring is 1. The van der Waals surface area contributed by atoms with E-state index in [1.807, 2.05) is 6.07 Å². The van der Waals surface area contributed by atoms with E-state index in [2.05, 4.69) is 0 Å². The van der Waals surface area contributed by atoms with Crippen LogP contribution in [-0.4, -0.2) is 0 Å². The fraction of sp³-hybridized carbons (Fsp3) is 0.0714. The number of nitriles is 1. The van der Waals surface area contributed by atoms with Gasteiger partial charge in [-0.05, 0) is 36.4 Å². The second kappa shape index (κ2) is 5.54. The van der Waals surface area contributed by atoms with E-state index in [0.717, 1.165) is 12.1 Å². The Morgan fingerprint density at radius 1 is 1.14 bits per heavy atom. The molecule has 0 fully saturated rings. The molecule has 0 atom stereocenters. The molecule has 2 aromatic carbocycles. The Morgan fingerprint density at radius 3 is 2.48 bits per heavy atom. The van der Waals surface area contributed by atoms with Gasteiger partial charge in [-0.15, -0.1) is 0 Å². The summed E-state index contributed by atoms with van der Waals surface area (Å²) in [6.07, 6.45) is -4.59. The Morgan fingerprint density at radius 2 is 1.86 bits per heavy atom. The molecule has 0 saturated carbocycles. The lowest BCUT2D eigenvalue weighted by atomic mass is 10.2. The van der Waals surface area contributed by atoms with Crippen molar-refractivity contribution in [2.24, 2.45) is 0 Å². The zero-order chi connectivity index (χ0) is 15.6. The van der Waals surface area contributed by atoms with Crippen molar-refractivity contribution in [3.8, 4) is 17.6 Å². The van der Waals surface area contributed by atoms with Crippen molar-refractivity contribution in [2.45, 2.75) is 6.18 Å². The van der Waals surface area contributed by atoms with Gasteiger partial charge in [-0.1, -0.05) is 11.6 Å². The molecule has 0 saturated heterocycles. The Balaban J connectivity index is 2.40. The van der Waals surface area contributed by atoms with Crippen LogP contribution in [0, 0.1) is 11.3 Å². The topological polar surface area (TPSA) is 59.0 Å². The van der Waals surface area contributed by atoms with E-state index in [1.54, 1.807) is 0 Å². The van der Waals surface area contributed by atoms with Gasteiger partial charge in [-0.3, -0.25) is 0 Å². The number of benzene rings is 2. The van der Waals surface area contributed by atoms with Gasteiger partial charge in [0.2, 0.25) is 0 Å². The highest BCUT2D eigenvalue weighted by Crippen LogP contribution is 2.38. The third-order valence-corrected chi connectivity index (χ3v) is 2.92. The van der Waals surface area contributed by atoms with E-state index in [9.17, 15) is 13.2 Å². The van der Waals surface area contributed by atoms with Crippen LogP contribution >= 0.6 is 11.6 Å². The number of hydrogen-bond donors (Lipinski definition) is 1. The fourth-order valence-electron chi connectivity index (χ4n) is 1.64. The van der Waals surface area contributed by atoms with Gasteiger partial charge in [0.25, 0.3) is 0 Å². The highest BCUT2D eigenvalue weighted by molar-refractivity contribution is 6.31. The number of nitrogens with zero attached hydrogens (tertiary/aromatic N) is 1. The molecule has 0 aliphatic heterocycles. The first-order valence-corrected chi connectivity index (χ1v) is 6.03. The molecule has 0 aliphatic carbocycles. The highest BCUT2D eigenvalue weighted by Gasteiger charge is 2.33. The van der Waals surface area contributed by atoms with Crippen LogP contribution in [0.15, 0.2) is 36.4 Å². The molecule has 0 unspecified atom stereocenters. The lowest BCUT2D eigenvalue weighted by Crippen LogP contribution is -2.06. The van der Waals surface area contributed by atoms with Gasteiger partial charge in [0, 0.05) is 5.69 Å². The van der Waals surface area contributed by atoms with E-state index in [0.29, 0.717) is 5.69 Å². The second-order valence-electron chi connectivity index (χ2n) is 4.11. The van der Waals surface area contributed by atoms with Crippen LogP contribution in [0.4, 0.5) is 18.9 Å². The molecule has 0 radical (unpaired) electrons. The zero-order valence-corrected chi connectivity index (χ0v) is 11.2. The van der Waals surface area contributed by atoms with Gasteiger partial charge in [0.1, 0.15) is 17.6 Å². The molecule has 0 heterocycles. The number of nitrogens with two attached hydrogens (primary N) is 1. The highest BCUT2D eigenvalue weighted by atomic mass is 35.5. The molecule has 2 N–H and O–H groups in total. The Bertz CT molecular complexity index is 723. The Labute approximate surface area is 123 Å². The predicted octanol–water partition coefficient (Wildman–Crippen LogP) is 4.60. The minimum atomic E-state index is -4.59. The minimum Gasteiger partial charge on any atom is -0.456 e. The molecular weight excluding hydrogens is 305 g/mol. The summed E-state index contributed by atoms with van der Waals surface area (Å²) in [5.74, 6) is 0.0372. The van der Waals surface area contributed by atoms with Crippen molar-refractivity contribution in [2.75, 3.05) is 5.73 Å². The van der Waals surface area contributed by atoms with Crippen molar-refractivity contribution < 1.29 is 17.9 Å². The average Bonchev–Trinajstić information content (AvgIpc) is 2.41. The fourth-order valence-corrected chi connectivity index (χ4v) is 1.86. The van der Waals surface area contributed by atoms with Crippen LogP contribution in [0.3, 0.4) is 0 Å². The molecule has 108 valence electrons. The molecule has 7 heteroatoms. The maximum Gasteiger partial charge on any atom is 0.417 e. The summed E-state index contributed by atoms with van der Waals surface area (Å²) in [5, 5.41) is 8.54. The van der Waals surface area contributed by atoms with E-state index >= 15 is 0 Å². The summed E-state index contributed by atoms with van der Waals surface area (Å²) in [5.41, 5.74) is 5.00. The Kier molecular flexibility index (Phi) is 3.96. The van der Waals surface area contributed by atoms with Crippen LogP contribution in [0.1, 0.15) is 11.1 Å². The zero-order valence-electron chi connectivity index (χ0n) is 10.4. The third kappa shape index (κ3) is 3.38. The first-order valence-electron chi connectivity index (χ1n) is 5.65. The largest absolute Gasteiger partial charge is 0.456 e. The first kappa shape index (κ1) is 15.0. The molecule has 0 bridgehead atoms. The first-order chi connectivity index (χ1) is 9.81. The van der Waals surface area contributed by atoms with E-state index < -0.39 is 16.8 Å². The lowest BCUT2D eigenvalue weighted by Gasteiger charge is -2.12. The summed E-state index contributed by atoms with van der Waals surface area (Å²) < 4.78 is 43.6. The van der Waals surface area contributed by atoms with Crippen molar-refractivity contribution in [3.63, 3.8) is 0 Å². The SMILES string of the molecule is N#Cc1cc(N)ccc1Oc1ccc(Cl)c(C(F)(F)F)c1. The van der Waals surface area contributed by atoms with Crippen molar-refractivity contribution >= 4 is 17.3 Å². The van der Waals surface area contributed by atoms with Gasteiger partial charge < -0.3 is 10.5 Å². The smallest absolute Gasteiger partial charge is 0.417 e. The maximum atomic E-state index is 12.8. The second-order valence-corrected chi connectivity index (χ2v) is 4.52. The van der Waals surface area contributed by atoms with Gasteiger partial charge in [-0.25, -0.2) is 0 Å². The molecular formula is C14H8ClF3N2O. The predicted molar refractivity (Wildman–Crippen MR) is 72.1 cm³/mol. The third-order valence-electron chi connectivity index (χ3n) is 2.60. The summed E-state index contributed by atoms with van der Waals surface area (Å²) in [4.78, 5) is 0. The summed E-state index contributed by atoms with van der Waals surface area (Å²) in [6.45, 7) is 0. The molecule has 2 aromatic rings. The molecule has 0 spiro atoms. The quantitative estimate of drug-likeness (QED) is 0.824. The van der Waals surface area contributed by atoms with Gasteiger partial charge in [-0.2, -0.15) is 18.4 Å². The molecule has 0 aromatic heterocycles. The molecule has 2 rings (SSSR count). The standard InChI is InChI=1S/C14H8ClF3N2O/c15-12-3-2-10(6-11(12)14(16,17)18)21-13-4-1-9(20)5-8(13)7-19/h1-6H,20H2. The summed E-state index contributed by atoms with van der Waals surface area (Å²) in [6, 6.07) is 9.28. The van der Waals surface area contributed by atoms with Crippen LogP contribution in [0.2, 0.25) is 5.02 Å². The number of ether oxygens (including phenoxy) is 1. The van der Waals surface area contributed by atoms with Gasteiger partial charge in [0.05, 0.1) is 16.1 Å². The Hall–Kier alpha value is -2.39. The molecule has 0 aliphatic rings. The van der Waals surface area contributed by atoms with Crippen molar-refractivity contribution in [1.29, 1.82) is 5.26 Å². The van der Waals surface area contributed by atoms with Gasteiger partial charge in [0.15, 0.2) is 0 Å². The number of hydrogen-bond acceptors (Lipinski definition) is 3. The van der Waals surface area contributed by atoms with E-state index in [-0.39, 0.29) is 17.1 Å². The van der Waals surface area contributed by atoms with Crippen LogP contribution in [-0.2, 0) is 6.18 Å². The lowest BCUT2D eigenvalue weighted by molar-refractivity contribution is -0.137. The van der Waals surface area contributed by atoms with E-state index in [4.69, 9.17) is 27.3 Å². The average molecular weight is 313 g/mol. The monoisotopic (exact) mass is 312 g/mol. The maximum absolute atomic E-state index is 12.8. The molecule has 21 heavy (non-hydrogen) atoms. The number of halogens is 4. The van der Waals surface area contributed by atoms with Crippen LogP contribution in [0.5, 0.6) is 11.5 Å². The minimum absolute atomic E-state index is 0.0759. The van der Waals surface area contributed by atoms with Crippen LogP contribution in [0.25, 0.3) is 0 Å². The molecule has 0 amide bonds. The van der Waals surface area contributed by atoms with E-state index in [1.165, 1.54) is 24.3 Å². The van der Waals surface area contributed by atoms with Crippen LogP contribution < -0.4 is 10.5 Å². The number of alkyl halides is 3.